The largest absolute Gasteiger partial charge is 0.353 e. The van der Waals surface area contributed by atoms with Crippen LogP contribution >= 0.6 is 0 Å². The summed E-state index contributed by atoms with van der Waals surface area (Å²) < 4.78 is 2.04. The minimum absolute atomic E-state index is 0.0610. The molecule has 0 radical (unpaired) electrons. The zero-order chi connectivity index (χ0) is 20.1. The molecule has 1 fully saturated rings. The molecule has 29 heavy (non-hydrogen) atoms. The fourth-order valence-electron chi connectivity index (χ4n) is 4.27. The first-order valence-corrected chi connectivity index (χ1v) is 10.8. The molecule has 4 heteroatoms. The Labute approximate surface area is 173 Å². The van der Waals surface area contributed by atoms with Crippen molar-refractivity contribution in [3.63, 3.8) is 0 Å². The maximum absolute atomic E-state index is 12.4. The fourth-order valence-corrected chi connectivity index (χ4v) is 4.27. The van der Waals surface area contributed by atoms with E-state index >= 15 is 0 Å². The second-order valence-electron chi connectivity index (χ2n) is 8.29. The molecule has 0 aliphatic heterocycles. The molecule has 1 amide bonds. The number of amides is 1. The van der Waals surface area contributed by atoms with Crippen LogP contribution in [0.3, 0.4) is 0 Å². The average Bonchev–Trinajstić information content (AvgIpc) is 3.38. The van der Waals surface area contributed by atoms with Crippen LogP contribution in [-0.2, 0) is 11.3 Å². The second kappa shape index (κ2) is 9.27. The Hall–Kier alpha value is -2.59. The average molecular weight is 390 g/mol. The van der Waals surface area contributed by atoms with E-state index in [2.05, 4.69) is 66.1 Å². The molecule has 4 rings (SSSR count). The van der Waals surface area contributed by atoms with E-state index in [1.807, 2.05) is 10.8 Å². The van der Waals surface area contributed by atoms with Gasteiger partial charge in [-0.3, -0.25) is 4.79 Å². The Balaban J connectivity index is 1.33. The van der Waals surface area contributed by atoms with Gasteiger partial charge in [-0.1, -0.05) is 54.8 Å². The molecule has 1 heterocycles. The van der Waals surface area contributed by atoms with Crippen LogP contribution in [0.1, 0.15) is 31.2 Å². The predicted octanol–water partition coefficient (Wildman–Crippen LogP) is 4.51. The minimum atomic E-state index is 0.0610. The van der Waals surface area contributed by atoms with Gasteiger partial charge in [-0.25, -0.2) is 0 Å². The molecule has 1 aromatic heterocycles. The van der Waals surface area contributed by atoms with Crippen molar-refractivity contribution in [1.29, 1.82) is 0 Å². The molecule has 3 aromatic rings. The van der Waals surface area contributed by atoms with E-state index in [1.165, 1.54) is 42.4 Å². The molecule has 1 aliphatic carbocycles. The van der Waals surface area contributed by atoms with Crippen molar-refractivity contribution in [2.24, 2.45) is 5.92 Å². The topological polar surface area (TPSA) is 46.1 Å². The summed E-state index contributed by atoms with van der Waals surface area (Å²) in [4.78, 5) is 12.4. The maximum atomic E-state index is 12.4. The van der Waals surface area contributed by atoms with Gasteiger partial charge in [0.25, 0.3) is 0 Å². The Morgan fingerprint density at radius 2 is 1.76 bits per heavy atom. The number of aromatic nitrogens is 1. The quantitative estimate of drug-likeness (QED) is 0.557. The van der Waals surface area contributed by atoms with Crippen LogP contribution in [0, 0.1) is 12.8 Å². The lowest BCUT2D eigenvalue weighted by Crippen LogP contribution is -2.35. The summed E-state index contributed by atoms with van der Waals surface area (Å²) in [5.41, 5.74) is 4.72. The number of benzene rings is 2. The molecule has 2 N–H and O–H groups in total. The van der Waals surface area contributed by atoms with Crippen molar-refractivity contribution in [2.75, 3.05) is 19.6 Å². The van der Waals surface area contributed by atoms with E-state index in [4.69, 9.17) is 0 Å². The van der Waals surface area contributed by atoms with Crippen LogP contribution in [0.15, 0.2) is 54.7 Å². The third kappa shape index (κ3) is 5.07. The van der Waals surface area contributed by atoms with Crippen molar-refractivity contribution >= 4 is 16.8 Å². The van der Waals surface area contributed by atoms with Crippen LogP contribution in [0.25, 0.3) is 22.0 Å². The molecule has 0 saturated heterocycles. The number of carbonyl (C=O) groups is 1. The Bertz CT molecular complexity index is 952. The number of hydrogen-bond donors (Lipinski definition) is 2. The highest BCUT2D eigenvalue weighted by Gasteiger charge is 2.14. The molecule has 4 nitrogen and oxygen atoms in total. The van der Waals surface area contributed by atoms with E-state index in [9.17, 15) is 4.79 Å². The summed E-state index contributed by atoms with van der Waals surface area (Å²) in [5, 5.41) is 7.68. The van der Waals surface area contributed by atoms with Gasteiger partial charge in [0.15, 0.2) is 0 Å². The number of nitrogens with zero attached hydrogens (tertiary/aromatic N) is 1. The standard InChI is InChI=1S/C25H31N3O/c1-19-6-8-21(9-7-19)23-11-10-22-12-15-28(24(22)16-23)18-25(29)27-14-13-26-17-20-4-2-3-5-20/h6-12,15-16,20,26H,2-5,13-14,17-18H2,1H3,(H,27,29). The first kappa shape index (κ1) is 19.7. The maximum Gasteiger partial charge on any atom is 0.239 e. The summed E-state index contributed by atoms with van der Waals surface area (Å²) in [6.07, 6.45) is 7.45. The zero-order valence-electron chi connectivity index (χ0n) is 17.3. The molecule has 0 atom stereocenters. The van der Waals surface area contributed by atoms with Crippen LogP contribution in [0.2, 0.25) is 0 Å². The first-order chi connectivity index (χ1) is 14.2. The number of rotatable bonds is 8. The van der Waals surface area contributed by atoms with Crippen molar-refractivity contribution < 1.29 is 4.79 Å². The highest BCUT2D eigenvalue weighted by molar-refractivity contribution is 5.87. The third-order valence-electron chi connectivity index (χ3n) is 6.00. The van der Waals surface area contributed by atoms with E-state index in [0.29, 0.717) is 13.1 Å². The van der Waals surface area contributed by atoms with E-state index in [-0.39, 0.29) is 5.91 Å². The highest BCUT2D eigenvalue weighted by atomic mass is 16.1. The summed E-state index contributed by atoms with van der Waals surface area (Å²) in [6.45, 7) is 5.05. The van der Waals surface area contributed by atoms with E-state index < -0.39 is 0 Å². The van der Waals surface area contributed by atoms with Gasteiger partial charge in [-0.05, 0) is 60.9 Å². The Kier molecular flexibility index (Phi) is 6.30. The molecule has 0 spiro atoms. The van der Waals surface area contributed by atoms with Crippen LogP contribution in [-0.4, -0.2) is 30.1 Å². The normalized spacial score (nSPS) is 14.5. The van der Waals surface area contributed by atoms with Gasteiger partial charge in [0.05, 0.1) is 0 Å². The number of hydrogen-bond acceptors (Lipinski definition) is 2. The van der Waals surface area contributed by atoms with Crippen molar-refractivity contribution in [3.05, 3.63) is 60.3 Å². The number of carbonyl (C=O) groups excluding carboxylic acids is 1. The molecular weight excluding hydrogens is 358 g/mol. The molecule has 2 aromatic carbocycles. The number of fused-ring (bicyclic) bond motifs is 1. The first-order valence-electron chi connectivity index (χ1n) is 10.8. The van der Waals surface area contributed by atoms with Crippen LogP contribution < -0.4 is 10.6 Å². The summed E-state index contributed by atoms with van der Waals surface area (Å²) in [5.74, 6) is 0.894. The van der Waals surface area contributed by atoms with Gasteiger partial charge in [-0.2, -0.15) is 0 Å². The summed E-state index contributed by atoms with van der Waals surface area (Å²) in [7, 11) is 0. The summed E-state index contributed by atoms with van der Waals surface area (Å²) in [6, 6.07) is 17.1. The van der Waals surface area contributed by atoms with E-state index in [0.717, 1.165) is 29.9 Å². The lowest BCUT2D eigenvalue weighted by molar-refractivity contribution is -0.121. The van der Waals surface area contributed by atoms with Gasteiger partial charge in [-0.15, -0.1) is 0 Å². The monoisotopic (exact) mass is 389 g/mol. The van der Waals surface area contributed by atoms with Gasteiger partial charge in [0.2, 0.25) is 5.91 Å². The third-order valence-corrected chi connectivity index (χ3v) is 6.00. The van der Waals surface area contributed by atoms with Gasteiger partial charge in [0, 0.05) is 24.8 Å². The smallest absolute Gasteiger partial charge is 0.239 e. The minimum Gasteiger partial charge on any atom is -0.353 e. The van der Waals surface area contributed by atoms with Crippen molar-refractivity contribution in [1.82, 2.24) is 15.2 Å². The Morgan fingerprint density at radius 3 is 2.55 bits per heavy atom. The fraction of sp³-hybridized carbons (Fsp3) is 0.400. The molecule has 1 aliphatic rings. The van der Waals surface area contributed by atoms with Gasteiger partial charge in [0.1, 0.15) is 6.54 Å². The molecule has 0 bridgehead atoms. The van der Waals surface area contributed by atoms with E-state index in [1.54, 1.807) is 0 Å². The van der Waals surface area contributed by atoms with Crippen molar-refractivity contribution in [3.8, 4) is 11.1 Å². The number of nitrogens with one attached hydrogen (secondary N) is 2. The molecule has 1 saturated carbocycles. The molecule has 152 valence electrons. The molecular formula is C25H31N3O. The van der Waals surface area contributed by atoms with Gasteiger partial charge >= 0.3 is 0 Å². The van der Waals surface area contributed by atoms with Gasteiger partial charge < -0.3 is 15.2 Å². The van der Waals surface area contributed by atoms with Crippen LogP contribution in [0.4, 0.5) is 0 Å². The lowest BCUT2D eigenvalue weighted by atomic mass is 10.0. The summed E-state index contributed by atoms with van der Waals surface area (Å²) >= 11 is 0. The zero-order valence-corrected chi connectivity index (χ0v) is 17.3. The second-order valence-corrected chi connectivity index (χ2v) is 8.29. The van der Waals surface area contributed by atoms with Crippen molar-refractivity contribution in [2.45, 2.75) is 39.2 Å². The lowest BCUT2D eigenvalue weighted by Gasteiger charge is -2.11. The van der Waals surface area contributed by atoms with Crippen LogP contribution in [0.5, 0.6) is 0 Å². The number of aryl methyl sites for hydroxylation is 1. The predicted molar refractivity (Wildman–Crippen MR) is 120 cm³/mol. The highest BCUT2D eigenvalue weighted by Crippen LogP contribution is 2.26. The Morgan fingerprint density at radius 1 is 1.00 bits per heavy atom. The molecule has 0 unspecified atom stereocenters. The SMILES string of the molecule is Cc1ccc(-c2ccc3ccn(CC(=O)NCCNCC4CCCC4)c3c2)cc1.